The van der Waals surface area contributed by atoms with E-state index in [2.05, 4.69) is 26.2 Å². The van der Waals surface area contributed by atoms with Gasteiger partial charge in [-0.3, -0.25) is 0 Å². The number of furan rings is 1. The first kappa shape index (κ1) is 14.1. The number of urea groups is 1. The van der Waals surface area contributed by atoms with Crippen molar-refractivity contribution in [2.75, 3.05) is 7.05 Å². The molecule has 0 aliphatic heterocycles. The van der Waals surface area contributed by atoms with Crippen molar-refractivity contribution in [3.63, 3.8) is 0 Å². The number of nitrogens with one attached hydrogen (secondary N) is 1. The van der Waals surface area contributed by atoms with E-state index in [0.29, 0.717) is 17.8 Å². The Morgan fingerprint density at radius 2 is 2.37 bits per heavy atom. The van der Waals surface area contributed by atoms with Crippen LogP contribution in [0.2, 0.25) is 0 Å². The molecule has 0 saturated carbocycles. The number of hydrogen-bond acceptors (Lipinski definition) is 4. The van der Waals surface area contributed by atoms with Crippen molar-refractivity contribution in [3.05, 3.63) is 38.6 Å². The lowest BCUT2D eigenvalue weighted by Crippen LogP contribution is -2.36. The number of rotatable bonds is 4. The minimum absolute atomic E-state index is 0.152. The first-order valence-electron chi connectivity index (χ1n) is 5.69. The Hall–Kier alpha value is -1.34. The van der Waals surface area contributed by atoms with Crippen LogP contribution >= 0.6 is 27.3 Å². The highest BCUT2D eigenvalue weighted by atomic mass is 79.9. The number of thiazole rings is 1. The molecule has 2 aromatic rings. The molecular weight excluding hydrogens is 330 g/mol. The van der Waals surface area contributed by atoms with Crippen LogP contribution in [0.1, 0.15) is 16.5 Å². The molecule has 0 radical (unpaired) electrons. The summed E-state index contributed by atoms with van der Waals surface area (Å²) in [5, 5.41) is 5.69. The van der Waals surface area contributed by atoms with Gasteiger partial charge < -0.3 is 14.6 Å². The summed E-state index contributed by atoms with van der Waals surface area (Å²) in [6, 6.07) is 3.48. The van der Waals surface area contributed by atoms with E-state index in [1.165, 1.54) is 0 Å². The molecule has 0 aliphatic carbocycles. The van der Waals surface area contributed by atoms with Gasteiger partial charge in [-0.25, -0.2) is 9.78 Å². The zero-order valence-corrected chi connectivity index (χ0v) is 13.0. The fourth-order valence-electron chi connectivity index (χ4n) is 1.51. The van der Waals surface area contributed by atoms with Crippen LogP contribution < -0.4 is 5.32 Å². The molecule has 0 unspecified atom stereocenters. The quantitative estimate of drug-likeness (QED) is 0.927. The predicted molar refractivity (Wildman–Crippen MR) is 77.0 cm³/mol. The van der Waals surface area contributed by atoms with Gasteiger partial charge >= 0.3 is 6.03 Å². The van der Waals surface area contributed by atoms with Crippen molar-refractivity contribution in [1.29, 1.82) is 0 Å². The van der Waals surface area contributed by atoms with Gasteiger partial charge in [0.15, 0.2) is 4.67 Å². The minimum atomic E-state index is -0.152. The van der Waals surface area contributed by atoms with Crippen LogP contribution in [0.5, 0.6) is 0 Å². The van der Waals surface area contributed by atoms with Crippen LogP contribution in [0.25, 0.3) is 0 Å². The van der Waals surface area contributed by atoms with E-state index in [0.717, 1.165) is 16.5 Å². The van der Waals surface area contributed by atoms with Crippen LogP contribution in [0.4, 0.5) is 4.79 Å². The van der Waals surface area contributed by atoms with Crippen molar-refractivity contribution in [1.82, 2.24) is 15.2 Å². The molecule has 2 amide bonds. The maximum Gasteiger partial charge on any atom is 0.317 e. The zero-order chi connectivity index (χ0) is 13.8. The van der Waals surface area contributed by atoms with Crippen molar-refractivity contribution in [2.24, 2.45) is 0 Å². The van der Waals surface area contributed by atoms with E-state index >= 15 is 0 Å². The van der Waals surface area contributed by atoms with Crippen LogP contribution in [0.15, 0.2) is 26.6 Å². The summed E-state index contributed by atoms with van der Waals surface area (Å²) in [7, 11) is 1.72. The Bertz CT molecular complexity index is 567. The third kappa shape index (κ3) is 4.07. The van der Waals surface area contributed by atoms with E-state index in [9.17, 15) is 4.79 Å². The highest BCUT2D eigenvalue weighted by Gasteiger charge is 2.11. The number of nitrogens with zero attached hydrogens (tertiary/aromatic N) is 2. The number of aryl methyl sites for hydroxylation is 1. The second-order valence-electron chi connectivity index (χ2n) is 4.10. The number of hydrogen-bond donors (Lipinski definition) is 1. The number of amides is 2. The molecule has 0 saturated heterocycles. The topological polar surface area (TPSA) is 58.4 Å². The third-order valence-electron chi connectivity index (χ3n) is 2.43. The number of halogens is 1. The molecule has 0 aliphatic rings. The lowest BCUT2D eigenvalue weighted by molar-refractivity contribution is 0.202. The van der Waals surface area contributed by atoms with Gasteiger partial charge in [0.25, 0.3) is 0 Å². The fourth-order valence-corrected chi connectivity index (χ4v) is 2.56. The Morgan fingerprint density at radius 1 is 1.58 bits per heavy atom. The van der Waals surface area contributed by atoms with E-state index < -0.39 is 0 Å². The summed E-state index contributed by atoms with van der Waals surface area (Å²) in [4.78, 5) is 17.7. The lowest BCUT2D eigenvalue weighted by atomic mass is 10.4. The number of carbonyl (C=O) groups excluding carboxylic acids is 1. The van der Waals surface area contributed by atoms with Crippen molar-refractivity contribution in [3.8, 4) is 0 Å². The van der Waals surface area contributed by atoms with Gasteiger partial charge in [-0.15, -0.1) is 11.3 Å². The molecular formula is C12H14BrN3O2S. The van der Waals surface area contributed by atoms with Crippen molar-refractivity contribution >= 4 is 33.3 Å². The maximum atomic E-state index is 11.9. The minimum Gasteiger partial charge on any atom is -0.452 e. The number of aromatic nitrogens is 1. The molecule has 0 atom stereocenters. The fraction of sp³-hybridized carbons (Fsp3) is 0.333. The highest BCUT2D eigenvalue weighted by Crippen LogP contribution is 2.15. The highest BCUT2D eigenvalue weighted by molar-refractivity contribution is 9.10. The molecule has 102 valence electrons. The molecule has 19 heavy (non-hydrogen) atoms. The van der Waals surface area contributed by atoms with Crippen LogP contribution in [0, 0.1) is 6.92 Å². The molecule has 2 rings (SSSR count). The summed E-state index contributed by atoms with van der Waals surface area (Å²) in [5.74, 6) is 0.731. The summed E-state index contributed by atoms with van der Waals surface area (Å²) in [6.07, 6.45) is 0. The molecule has 0 aromatic carbocycles. The van der Waals surface area contributed by atoms with Gasteiger partial charge in [0.05, 0.1) is 13.1 Å². The zero-order valence-electron chi connectivity index (χ0n) is 10.6. The van der Waals surface area contributed by atoms with Gasteiger partial charge in [0, 0.05) is 18.1 Å². The molecule has 2 heterocycles. The predicted octanol–water partition coefficient (Wildman–Crippen LogP) is 3.15. The van der Waals surface area contributed by atoms with Gasteiger partial charge in [0.2, 0.25) is 0 Å². The normalized spacial score (nSPS) is 10.5. The first-order valence-corrected chi connectivity index (χ1v) is 7.36. The SMILES string of the molecule is Cc1csc(CNC(=O)N(C)Cc2ccc(Br)o2)n1. The Labute approximate surface area is 123 Å². The molecule has 0 spiro atoms. The standard InChI is InChI=1S/C12H14BrN3O2S/c1-8-7-19-11(15-8)5-14-12(17)16(2)6-9-3-4-10(13)18-9/h3-4,7H,5-6H2,1-2H3,(H,14,17). The summed E-state index contributed by atoms with van der Waals surface area (Å²) >= 11 is 4.77. The average Bonchev–Trinajstić information content (AvgIpc) is 2.95. The van der Waals surface area contributed by atoms with Gasteiger partial charge in [-0.2, -0.15) is 0 Å². The average molecular weight is 344 g/mol. The third-order valence-corrected chi connectivity index (χ3v) is 3.82. The molecule has 7 heteroatoms. The van der Waals surface area contributed by atoms with Crippen molar-refractivity contribution in [2.45, 2.75) is 20.0 Å². The first-order chi connectivity index (χ1) is 9.04. The van der Waals surface area contributed by atoms with E-state index in [1.54, 1.807) is 29.4 Å². The van der Waals surface area contributed by atoms with Crippen LogP contribution in [-0.2, 0) is 13.1 Å². The summed E-state index contributed by atoms with van der Waals surface area (Å²) in [5.41, 5.74) is 0.975. The lowest BCUT2D eigenvalue weighted by Gasteiger charge is -2.16. The molecule has 2 aromatic heterocycles. The van der Waals surface area contributed by atoms with Gasteiger partial charge in [-0.05, 0) is 35.0 Å². The smallest absolute Gasteiger partial charge is 0.317 e. The molecule has 0 bridgehead atoms. The van der Waals surface area contributed by atoms with Gasteiger partial charge in [0.1, 0.15) is 10.8 Å². The Morgan fingerprint density at radius 3 is 2.95 bits per heavy atom. The number of carbonyl (C=O) groups is 1. The van der Waals surface area contributed by atoms with E-state index in [4.69, 9.17) is 4.42 Å². The summed E-state index contributed by atoms with van der Waals surface area (Å²) < 4.78 is 6.02. The molecule has 1 N–H and O–H groups in total. The van der Waals surface area contributed by atoms with E-state index in [1.807, 2.05) is 18.4 Å². The Kier molecular flexibility index (Phi) is 4.60. The summed E-state index contributed by atoms with van der Waals surface area (Å²) in [6.45, 7) is 2.81. The largest absolute Gasteiger partial charge is 0.452 e. The maximum absolute atomic E-state index is 11.9. The monoisotopic (exact) mass is 343 g/mol. The molecule has 0 fully saturated rings. The van der Waals surface area contributed by atoms with Gasteiger partial charge in [-0.1, -0.05) is 0 Å². The molecule has 5 nitrogen and oxygen atoms in total. The Balaban J connectivity index is 1.82. The van der Waals surface area contributed by atoms with Crippen molar-refractivity contribution < 1.29 is 9.21 Å². The second-order valence-corrected chi connectivity index (χ2v) is 5.83. The second kappa shape index (κ2) is 6.21. The van der Waals surface area contributed by atoms with Crippen LogP contribution in [0.3, 0.4) is 0 Å². The van der Waals surface area contributed by atoms with Crippen LogP contribution in [-0.4, -0.2) is 23.0 Å². The van der Waals surface area contributed by atoms with E-state index in [-0.39, 0.29) is 6.03 Å².